The highest BCUT2D eigenvalue weighted by atomic mass is 15.2. The standard InChI is InChI=1S/C16H24N2/c1-17-16-14-9-5-4-8-13(14)12-15(16)18-10-6-2-3-7-11-18/h4-5,8-9,15-17H,2-3,6-7,10-12H2,1H3. The third-order valence-electron chi connectivity index (χ3n) is 4.62. The maximum absolute atomic E-state index is 3.55. The van der Waals surface area contributed by atoms with Crippen molar-refractivity contribution in [1.82, 2.24) is 10.2 Å². The van der Waals surface area contributed by atoms with Crippen LogP contribution in [0.5, 0.6) is 0 Å². The molecule has 0 amide bonds. The van der Waals surface area contributed by atoms with Gasteiger partial charge in [0.1, 0.15) is 0 Å². The number of hydrogen-bond acceptors (Lipinski definition) is 2. The van der Waals surface area contributed by atoms with Crippen molar-refractivity contribution in [3.05, 3.63) is 35.4 Å². The molecule has 98 valence electrons. The van der Waals surface area contributed by atoms with Gasteiger partial charge in [0.05, 0.1) is 0 Å². The first kappa shape index (κ1) is 12.2. The Balaban J connectivity index is 1.81. The molecule has 2 aliphatic rings. The van der Waals surface area contributed by atoms with Crippen molar-refractivity contribution in [1.29, 1.82) is 0 Å². The first-order chi connectivity index (χ1) is 8.90. The predicted molar refractivity (Wildman–Crippen MR) is 75.8 cm³/mol. The zero-order valence-corrected chi connectivity index (χ0v) is 11.4. The minimum atomic E-state index is 0.527. The molecule has 1 aliphatic heterocycles. The van der Waals surface area contributed by atoms with E-state index in [1.54, 1.807) is 5.56 Å². The van der Waals surface area contributed by atoms with Gasteiger partial charge in [-0.15, -0.1) is 0 Å². The fourth-order valence-corrected chi connectivity index (χ4v) is 3.69. The molecule has 3 rings (SSSR count). The smallest absolute Gasteiger partial charge is 0.0481 e. The lowest BCUT2D eigenvalue weighted by Crippen LogP contribution is -2.42. The molecule has 0 radical (unpaired) electrons. The van der Waals surface area contributed by atoms with Crippen LogP contribution in [0.15, 0.2) is 24.3 Å². The third kappa shape index (κ3) is 2.19. The van der Waals surface area contributed by atoms with E-state index < -0.39 is 0 Å². The van der Waals surface area contributed by atoms with Crippen LogP contribution in [0.1, 0.15) is 42.9 Å². The Morgan fingerprint density at radius 1 is 1.06 bits per heavy atom. The van der Waals surface area contributed by atoms with Gasteiger partial charge < -0.3 is 5.32 Å². The van der Waals surface area contributed by atoms with Gasteiger partial charge in [0, 0.05) is 12.1 Å². The van der Waals surface area contributed by atoms with Crippen LogP contribution in [0, 0.1) is 0 Å². The second kappa shape index (κ2) is 5.41. The van der Waals surface area contributed by atoms with Crippen molar-refractivity contribution in [2.45, 2.75) is 44.2 Å². The van der Waals surface area contributed by atoms with Crippen molar-refractivity contribution in [3.63, 3.8) is 0 Å². The monoisotopic (exact) mass is 244 g/mol. The molecule has 2 unspecified atom stereocenters. The first-order valence-corrected chi connectivity index (χ1v) is 7.39. The van der Waals surface area contributed by atoms with E-state index in [2.05, 4.69) is 41.5 Å². The molecule has 0 saturated carbocycles. The number of fused-ring (bicyclic) bond motifs is 1. The highest BCUT2D eigenvalue weighted by Gasteiger charge is 2.34. The van der Waals surface area contributed by atoms with E-state index in [1.165, 1.54) is 50.8 Å². The van der Waals surface area contributed by atoms with Gasteiger partial charge in [0.2, 0.25) is 0 Å². The van der Waals surface area contributed by atoms with E-state index >= 15 is 0 Å². The zero-order chi connectivity index (χ0) is 12.4. The number of hydrogen-bond donors (Lipinski definition) is 1. The van der Waals surface area contributed by atoms with Crippen LogP contribution in [-0.2, 0) is 6.42 Å². The summed E-state index contributed by atoms with van der Waals surface area (Å²) >= 11 is 0. The molecule has 1 aliphatic carbocycles. The maximum atomic E-state index is 3.55. The second-order valence-electron chi connectivity index (χ2n) is 5.69. The van der Waals surface area contributed by atoms with Crippen LogP contribution in [-0.4, -0.2) is 31.1 Å². The zero-order valence-electron chi connectivity index (χ0n) is 11.4. The van der Waals surface area contributed by atoms with Crippen molar-refractivity contribution in [2.75, 3.05) is 20.1 Å². The van der Waals surface area contributed by atoms with Crippen LogP contribution in [0.25, 0.3) is 0 Å². The normalized spacial score (nSPS) is 28.9. The molecule has 1 saturated heterocycles. The van der Waals surface area contributed by atoms with Crippen LogP contribution in [0.2, 0.25) is 0 Å². The largest absolute Gasteiger partial charge is 0.312 e. The molecule has 2 heteroatoms. The molecule has 18 heavy (non-hydrogen) atoms. The highest BCUT2D eigenvalue weighted by molar-refractivity contribution is 5.37. The minimum absolute atomic E-state index is 0.527. The Labute approximate surface area is 110 Å². The highest BCUT2D eigenvalue weighted by Crippen LogP contribution is 2.35. The van der Waals surface area contributed by atoms with Crippen LogP contribution >= 0.6 is 0 Å². The number of likely N-dealkylation sites (N-methyl/N-ethyl adjacent to an activating group) is 1. The molecular formula is C16H24N2. The van der Waals surface area contributed by atoms with Crippen molar-refractivity contribution in [2.24, 2.45) is 0 Å². The summed E-state index contributed by atoms with van der Waals surface area (Å²) in [6.07, 6.45) is 6.81. The Bertz CT molecular complexity index is 394. The number of benzene rings is 1. The van der Waals surface area contributed by atoms with Gasteiger partial charge in [-0.1, -0.05) is 37.1 Å². The average Bonchev–Trinajstić information content (AvgIpc) is 2.59. The molecular weight excluding hydrogens is 220 g/mol. The van der Waals surface area contributed by atoms with E-state index in [0.29, 0.717) is 12.1 Å². The number of likely N-dealkylation sites (tertiary alicyclic amines) is 1. The molecule has 0 bridgehead atoms. The quantitative estimate of drug-likeness (QED) is 0.860. The first-order valence-electron chi connectivity index (χ1n) is 7.39. The summed E-state index contributed by atoms with van der Waals surface area (Å²) in [5.74, 6) is 0. The fourth-order valence-electron chi connectivity index (χ4n) is 3.69. The predicted octanol–water partition coefficient (Wildman–Crippen LogP) is 2.75. The van der Waals surface area contributed by atoms with E-state index in [0.717, 1.165) is 0 Å². The van der Waals surface area contributed by atoms with E-state index in [4.69, 9.17) is 0 Å². The van der Waals surface area contributed by atoms with Crippen molar-refractivity contribution >= 4 is 0 Å². The lowest BCUT2D eigenvalue weighted by Gasteiger charge is -2.32. The fraction of sp³-hybridized carbons (Fsp3) is 0.625. The third-order valence-corrected chi connectivity index (χ3v) is 4.62. The Kier molecular flexibility index (Phi) is 3.67. The molecule has 1 heterocycles. The number of nitrogens with one attached hydrogen (secondary N) is 1. The number of nitrogens with zero attached hydrogens (tertiary/aromatic N) is 1. The summed E-state index contributed by atoms with van der Waals surface area (Å²) in [6.45, 7) is 2.58. The van der Waals surface area contributed by atoms with Gasteiger partial charge in [0.25, 0.3) is 0 Å². The van der Waals surface area contributed by atoms with Gasteiger partial charge in [0.15, 0.2) is 0 Å². The summed E-state index contributed by atoms with van der Waals surface area (Å²) in [5.41, 5.74) is 3.07. The van der Waals surface area contributed by atoms with E-state index in [-0.39, 0.29) is 0 Å². The van der Waals surface area contributed by atoms with Crippen molar-refractivity contribution in [3.8, 4) is 0 Å². The summed E-state index contributed by atoms with van der Waals surface area (Å²) in [5, 5.41) is 3.55. The Morgan fingerprint density at radius 2 is 1.78 bits per heavy atom. The SMILES string of the molecule is CNC1c2ccccc2CC1N1CCCCCC1. The Hall–Kier alpha value is -0.860. The number of rotatable bonds is 2. The molecule has 1 fully saturated rings. The molecule has 2 atom stereocenters. The maximum Gasteiger partial charge on any atom is 0.0481 e. The van der Waals surface area contributed by atoms with Gasteiger partial charge in [-0.2, -0.15) is 0 Å². The summed E-state index contributed by atoms with van der Waals surface area (Å²) in [6, 6.07) is 10.2. The average molecular weight is 244 g/mol. The molecule has 0 aromatic heterocycles. The molecule has 0 spiro atoms. The van der Waals surface area contributed by atoms with Crippen molar-refractivity contribution < 1.29 is 0 Å². The lowest BCUT2D eigenvalue weighted by molar-refractivity contribution is 0.175. The molecule has 1 aromatic rings. The molecule has 1 aromatic carbocycles. The molecule has 2 nitrogen and oxygen atoms in total. The summed E-state index contributed by atoms with van der Waals surface area (Å²) in [4.78, 5) is 2.73. The van der Waals surface area contributed by atoms with Gasteiger partial charge in [-0.05, 0) is 50.5 Å². The van der Waals surface area contributed by atoms with Crippen LogP contribution in [0.4, 0.5) is 0 Å². The van der Waals surface area contributed by atoms with Gasteiger partial charge >= 0.3 is 0 Å². The van der Waals surface area contributed by atoms with Crippen LogP contribution in [0.3, 0.4) is 0 Å². The summed E-state index contributed by atoms with van der Waals surface area (Å²) in [7, 11) is 2.11. The molecule has 1 N–H and O–H groups in total. The van der Waals surface area contributed by atoms with Crippen LogP contribution < -0.4 is 5.32 Å². The Morgan fingerprint density at radius 3 is 2.50 bits per heavy atom. The lowest BCUT2D eigenvalue weighted by atomic mass is 10.1. The van der Waals surface area contributed by atoms with Gasteiger partial charge in [-0.3, -0.25) is 4.90 Å². The minimum Gasteiger partial charge on any atom is -0.312 e. The van der Waals surface area contributed by atoms with Gasteiger partial charge in [-0.25, -0.2) is 0 Å². The van der Waals surface area contributed by atoms with E-state index in [1.807, 2.05) is 0 Å². The second-order valence-corrected chi connectivity index (χ2v) is 5.69. The van der Waals surface area contributed by atoms with E-state index in [9.17, 15) is 0 Å². The summed E-state index contributed by atoms with van der Waals surface area (Å²) < 4.78 is 0. The topological polar surface area (TPSA) is 15.3 Å².